The minimum absolute atomic E-state index is 0.268. The maximum Gasteiger partial charge on any atom is 0.229 e. The molecule has 1 aliphatic rings. The van der Waals surface area contributed by atoms with Crippen LogP contribution in [0, 0.1) is 0 Å². The van der Waals surface area contributed by atoms with E-state index in [-0.39, 0.29) is 11.5 Å². The molecule has 17 heavy (non-hydrogen) atoms. The van der Waals surface area contributed by atoms with Crippen molar-refractivity contribution in [2.45, 2.75) is 51.0 Å². The number of aromatic nitrogens is 2. The minimum atomic E-state index is -0.352. The number of hydrogen-bond acceptors (Lipinski definition) is 5. The van der Waals surface area contributed by atoms with Crippen LogP contribution in [0.1, 0.15) is 57.2 Å². The van der Waals surface area contributed by atoms with Crippen molar-refractivity contribution >= 4 is 0 Å². The molecule has 96 valence electrons. The number of hydrogen-bond donors (Lipinski definition) is 1. The average molecular weight is 239 g/mol. The first-order valence-corrected chi connectivity index (χ1v) is 6.34. The first-order valence-electron chi connectivity index (χ1n) is 6.34. The van der Waals surface area contributed by atoms with Crippen molar-refractivity contribution in [1.82, 2.24) is 10.1 Å². The molecule has 2 atom stereocenters. The topological polar surface area (TPSA) is 74.2 Å². The Morgan fingerprint density at radius 2 is 2.35 bits per heavy atom. The Kier molecular flexibility index (Phi) is 3.79. The molecule has 2 heterocycles. The third-order valence-corrected chi connectivity index (χ3v) is 3.40. The Labute approximate surface area is 102 Å². The van der Waals surface area contributed by atoms with E-state index >= 15 is 0 Å². The second-order valence-electron chi connectivity index (χ2n) is 4.97. The quantitative estimate of drug-likeness (QED) is 0.850. The van der Waals surface area contributed by atoms with Gasteiger partial charge in [-0.15, -0.1) is 0 Å². The van der Waals surface area contributed by atoms with Gasteiger partial charge in [0, 0.05) is 12.5 Å². The van der Waals surface area contributed by atoms with Crippen molar-refractivity contribution in [3.05, 3.63) is 11.7 Å². The second kappa shape index (κ2) is 5.14. The van der Waals surface area contributed by atoms with Crippen molar-refractivity contribution in [1.29, 1.82) is 0 Å². The van der Waals surface area contributed by atoms with Gasteiger partial charge in [-0.05, 0) is 39.2 Å². The van der Waals surface area contributed by atoms with Crippen molar-refractivity contribution in [2.75, 3.05) is 13.2 Å². The van der Waals surface area contributed by atoms with Gasteiger partial charge in [0.15, 0.2) is 0 Å². The van der Waals surface area contributed by atoms with E-state index in [1.54, 1.807) is 0 Å². The summed E-state index contributed by atoms with van der Waals surface area (Å²) in [6.45, 7) is 5.60. The van der Waals surface area contributed by atoms with Crippen LogP contribution in [0.25, 0.3) is 0 Å². The highest BCUT2D eigenvalue weighted by Gasteiger charge is 2.36. The van der Waals surface area contributed by atoms with Crippen LogP contribution in [0.3, 0.4) is 0 Å². The van der Waals surface area contributed by atoms with Crippen LogP contribution < -0.4 is 5.73 Å². The summed E-state index contributed by atoms with van der Waals surface area (Å²) in [5, 5.41) is 4.06. The lowest BCUT2D eigenvalue weighted by Crippen LogP contribution is -2.21. The molecular formula is C12H21N3O2. The van der Waals surface area contributed by atoms with Gasteiger partial charge in [0.2, 0.25) is 11.7 Å². The van der Waals surface area contributed by atoms with Crippen LogP contribution in [-0.2, 0) is 10.3 Å². The highest BCUT2D eigenvalue weighted by molar-refractivity contribution is 5.03. The Balaban J connectivity index is 2.05. The number of rotatable bonds is 5. The molecule has 2 unspecified atom stereocenters. The van der Waals surface area contributed by atoms with Crippen LogP contribution in [0.15, 0.2) is 4.52 Å². The predicted octanol–water partition coefficient (Wildman–Crippen LogP) is 1.94. The Bertz CT molecular complexity index is 358. The third kappa shape index (κ3) is 2.66. The molecule has 0 bridgehead atoms. The van der Waals surface area contributed by atoms with E-state index < -0.39 is 0 Å². The van der Waals surface area contributed by atoms with Crippen LogP contribution in [0.5, 0.6) is 0 Å². The van der Waals surface area contributed by atoms with Crippen molar-refractivity contribution < 1.29 is 9.26 Å². The molecule has 0 spiro atoms. The summed E-state index contributed by atoms with van der Waals surface area (Å²) < 4.78 is 11.0. The van der Waals surface area contributed by atoms with Gasteiger partial charge in [0.05, 0.1) is 0 Å². The van der Waals surface area contributed by atoms with Crippen LogP contribution in [0.4, 0.5) is 0 Å². The number of nitrogens with zero attached hydrogens (tertiary/aromatic N) is 2. The zero-order chi connectivity index (χ0) is 12.3. The molecule has 0 radical (unpaired) electrons. The van der Waals surface area contributed by atoms with Gasteiger partial charge in [0.25, 0.3) is 0 Å². The van der Waals surface area contributed by atoms with E-state index in [1.165, 1.54) is 0 Å². The molecule has 0 saturated carbocycles. The van der Waals surface area contributed by atoms with E-state index in [9.17, 15) is 0 Å². The molecule has 0 aliphatic carbocycles. The highest BCUT2D eigenvalue weighted by atomic mass is 16.5. The lowest BCUT2D eigenvalue weighted by atomic mass is 10.0. The standard InChI is InChI=1S/C12H21N3O2/c1-9(5-3-7-13)10-14-11(15-17-10)12(2)6-4-8-16-12/h9H,3-8,13H2,1-2H3. The predicted molar refractivity (Wildman–Crippen MR) is 63.5 cm³/mol. The van der Waals surface area contributed by atoms with E-state index in [0.717, 1.165) is 32.3 Å². The fourth-order valence-corrected chi connectivity index (χ4v) is 2.15. The summed E-state index contributed by atoms with van der Waals surface area (Å²) in [6, 6.07) is 0. The Morgan fingerprint density at radius 1 is 1.53 bits per heavy atom. The number of nitrogens with two attached hydrogens (primary N) is 1. The van der Waals surface area contributed by atoms with Gasteiger partial charge >= 0.3 is 0 Å². The number of ether oxygens (including phenoxy) is 1. The molecule has 1 aromatic rings. The Morgan fingerprint density at radius 3 is 3.00 bits per heavy atom. The lowest BCUT2D eigenvalue weighted by molar-refractivity contribution is 0.00768. The monoisotopic (exact) mass is 239 g/mol. The molecule has 2 N–H and O–H groups in total. The summed E-state index contributed by atoms with van der Waals surface area (Å²) in [7, 11) is 0. The molecule has 5 nitrogen and oxygen atoms in total. The summed E-state index contributed by atoms with van der Waals surface area (Å²) in [4.78, 5) is 4.47. The molecule has 1 aliphatic heterocycles. The van der Waals surface area contributed by atoms with Gasteiger partial charge in [0.1, 0.15) is 5.60 Å². The molecular weight excluding hydrogens is 218 g/mol. The van der Waals surface area contributed by atoms with Gasteiger partial charge in [-0.3, -0.25) is 0 Å². The summed E-state index contributed by atoms with van der Waals surface area (Å²) >= 11 is 0. The average Bonchev–Trinajstić information content (AvgIpc) is 2.95. The maximum atomic E-state index is 5.70. The molecule has 1 fully saturated rings. The first-order chi connectivity index (χ1) is 8.15. The van der Waals surface area contributed by atoms with Crippen molar-refractivity contribution in [2.24, 2.45) is 5.73 Å². The van der Waals surface area contributed by atoms with Gasteiger partial charge in [-0.25, -0.2) is 0 Å². The second-order valence-corrected chi connectivity index (χ2v) is 4.97. The summed E-state index contributed by atoms with van der Waals surface area (Å²) in [5.41, 5.74) is 5.14. The first kappa shape index (κ1) is 12.5. The molecule has 2 rings (SSSR count). The lowest BCUT2D eigenvalue weighted by Gasteiger charge is -2.17. The largest absolute Gasteiger partial charge is 0.367 e. The minimum Gasteiger partial charge on any atom is -0.367 e. The Hall–Kier alpha value is -0.940. The fourth-order valence-electron chi connectivity index (χ4n) is 2.15. The van der Waals surface area contributed by atoms with Crippen LogP contribution >= 0.6 is 0 Å². The fraction of sp³-hybridized carbons (Fsp3) is 0.833. The van der Waals surface area contributed by atoms with Gasteiger partial charge < -0.3 is 15.0 Å². The van der Waals surface area contributed by atoms with Crippen molar-refractivity contribution in [3.63, 3.8) is 0 Å². The normalized spacial score (nSPS) is 26.3. The third-order valence-electron chi connectivity index (χ3n) is 3.40. The van der Waals surface area contributed by atoms with Crippen molar-refractivity contribution in [3.8, 4) is 0 Å². The molecule has 0 aromatic carbocycles. The zero-order valence-electron chi connectivity index (χ0n) is 10.6. The summed E-state index contributed by atoms with van der Waals surface area (Å²) in [5.74, 6) is 1.65. The van der Waals surface area contributed by atoms with Crippen LogP contribution in [-0.4, -0.2) is 23.3 Å². The molecule has 1 aromatic heterocycles. The van der Waals surface area contributed by atoms with E-state index in [1.807, 2.05) is 6.92 Å². The molecule has 0 amide bonds. The maximum absolute atomic E-state index is 5.70. The molecule has 5 heteroatoms. The van der Waals surface area contributed by atoms with E-state index in [4.69, 9.17) is 15.0 Å². The van der Waals surface area contributed by atoms with Crippen LogP contribution in [0.2, 0.25) is 0 Å². The highest BCUT2D eigenvalue weighted by Crippen LogP contribution is 2.34. The van der Waals surface area contributed by atoms with Gasteiger partial charge in [-0.2, -0.15) is 4.98 Å². The summed E-state index contributed by atoms with van der Waals surface area (Å²) in [6.07, 6.45) is 3.98. The SMILES string of the molecule is CC(CCCN)c1nc(C2(C)CCCO2)no1. The molecule has 1 saturated heterocycles. The van der Waals surface area contributed by atoms with E-state index in [2.05, 4.69) is 17.1 Å². The zero-order valence-corrected chi connectivity index (χ0v) is 10.6. The van der Waals surface area contributed by atoms with Gasteiger partial charge in [-0.1, -0.05) is 12.1 Å². The van der Waals surface area contributed by atoms with E-state index in [0.29, 0.717) is 18.3 Å². The smallest absolute Gasteiger partial charge is 0.229 e.